The number of benzene rings is 1. The van der Waals surface area contributed by atoms with Gasteiger partial charge in [-0.2, -0.15) is 0 Å². The first-order chi connectivity index (χ1) is 8.29. The second-order valence-electron chi connectivity index (χ2n) is 3.57. The Morgan fingerprint density at radius 3 is 2.71 bits per heavy atom. The lowest BCUT2D eigenvalue weighted by Crippen LogP contribution is -2.02. The molecule has 17 heavy (non-hydrogen) atoms. The average molecular weight is 265 g/mol. The molecule has 4 nitrogen and oxygen atoms in total. The first kappa shape index (κ1) is 10.7. The van der Waals surface area contributed by atoms with Crippen molar-refractivity contribution < 1.29 is 0 Å². The van der Waals surface area contributed by atoms with Gasteiger partial charge in [-0.1, -0.05) is 23.7 Å². The van der Waals surface area contributed by atoms with Crippen LogP contribution in [0.3, 0.4) is 0 Å². The number of hydrogen-bond acceptors (Lipinski definition) is 4. The minimum absolute atomic E-state index is 0.374. The van der Waals surface area contributed by atoms with Crippen molar-refractivity contribution in [1.82, 2.24) is 14.6 Å². The Hall–Kier alpha value is -1.43. The number of aromatic nitrogens is 3. The third-order valence-electron chi connectivity index (χ3n) is 2.54. The van der Waals surface area contributed by atoms with Crippen molar-refractivity contribution in [2.45, 2.75) is 6.54 Å². The van der Waals surface area contributed by atoms with Crippen molar-refractivity contribution >= 4 is 27.9 Å². The van der Waals surface area contributed by atoms with Crippen LogP contribution in [0.1, 0.15) is 5.82 Å². The van der Waals surface area contributed by atoms with Gasteiger partial charge in [0.25, 0.3) is 0 Å². The van der Waals surface area contributed by atoms with E-state index in [4.69, 9.17) is 17.3 Å². The van der Waals surface area contributed by atoms with Crippen LogP contribution in [0, 0.1) is 0 Å². The standard InChI is InChI=1S/C11H9ClN4S/c12-8-3-1-7(2-4-8)9-6-17-11-15-14-10(5-13)16(9)11/h1-4,6H,5,13H2. The van der Waals surface area contributed by atoms with E-state index in [9.17, 15) is 0 Å². The third-order valence-corrected chi connectivity index (χ3v) is 3.61. The molecule has 86 valence electrons. The van der Waals surface area contributed by atoms with Gasteiger partial charge < -0.3 is 5.73 Å². The topological polar surface area (TPSA) is 56.2 Å². The van der Waals surface area contributed by atoms with Gasteiger partial charge in [0.05, 0.1) is 12.2 Å². The van der Waals surface area contributed by atoms with E-state index in [0.717, 1.165) is 27.1 Å². The van der Waals surface area contributed by atoms with Gasteiger partial charge in [0.15, 0.2) is 5.82 Å². The monoisotopic (exact) mass is 264 g/mol. The minimum Gasteiger partial charge on any atom is -0.324 e. The molecule has 0 unspecified atom stereocenters. The van der Waals surface area contributed by atoms with E-state index in [1.807, 2.05) is 34.0 Å². The van der Waals surface area contributed by atoms with E-state index in [1.165, 1.54) is 0 Å². The second-order valence-corrected chi connectivity index (χ2v) is 4.84. The number of halogens is 1. The second kappa shape index (κ2) is 4.10. The van der Waals surface area contributed by atoms with E-state index in [2.05, 4.69) is 10.2 Å². The molecule has 2 heterocycles. The van der Waals surface area contributed by atoms with Crippen LogP contribution in [-0.2, 0) is 6.54 Å². The molecule has 0 bridgehead atoms. The highest BCUT2D eigenvalue weighted by Gasteiger charge is 2.11. The molecule has 3 aromatic rings. The molecular formula is C11H9ClN4S. The summed E-state index contributed by atoms with van der Waals surface area (Å²) in [5.74, 6) is 0.770. The maximum atomic E-state index is 5.88. The van der Waals surface area contributed by atoms with Crippen LogP contribution in [0.2, 0.25) is 5.02 Å². The Morgan fingerprint density at radius 2 is 2.00 bits per heavy atom. The van der Waals surface area contributed by atoms with Crippen LogP contribution in [0.15, 0.2) is 29.6 Å². The van der Waals surface area contributed by atoms with E-state index in [-0.39, 0.29) is 0 Å². The first-order valence-electron chi connectivity index (χ1n) is 5.07. The Balaban J connectivity index is 2.22. The molecule has 2 aromatic heterocycles. The van der Waals surface area contributed by atoms with Crippen molar-refractivity contribution in [2.75, 3.05) is 0 Å². The third kappa shape index (κ3) is 1.72. The number of rotatable bonds is 2. The Morgan fingerprint density at radius 1 is 1.24 bits per heavy atom. The summed E-state index contributed by atoms with van der Waals surface area (Å²) >= 11 is 7.43. The summed E-state index contributed by atoms with van der Waals surface area (Å²) in [7, 11) is 0. The molecule has 6 heteroatoms. The predicted molar refractivity (Wildman–Crippen MR) is 69.2 cm³/mol. The molecule has 0 radical (unpaired) electrons. The molecule has 0 amide bonds. The average Bonchev–Trinajstić information content (AvgIpc) is 2.91. The lowest BCUT2D eigenvalue weighted by atomic mass is 10.2. The van der Waals surface area contributed by atoms with Crippen LogP contribution in [0.4, 0.5) is 0 Å². The Bertz CT molecular complexity index is 656. The van der Waals surface area contributed by atoms with Crippen LogP contribution in [0.5, 0.6) is 0 Å². The van der Waals surface area contributed by atoms with Gasteiger partial charge in [0, 0.05) is 10.4 Å². The summed E-state index contributed by atoms with van der Waals surface area (Å²) < 4.78 is 1.98. The summed E-state index contributed by atoms with van der Waals surface area (Å²) in [6.07, 6.45) is 0. The maximum absolute atomic E-state index is 5.88. The molecule has 0 atom stereocenters. The van der Waals surface area contributed by atoms with Gasteiger partial charge in [-0.25, -0.2) is 0 Å². The summed E-state index contributed by atoms with van der Waals surface area (Å²) in [6.45, 7) is 0.374. The summed E-state index contributed by atoms with van der Waals surface area (Å²) in [6, 6.07) is 7.69. The molecule has 0 spiro atoms. The number of fused-ring (bicyclic) bond motifs is 1. The smallest absolute Gasteiger partial charge is 0.216 e. The highest BCUT2D eigenvalue weighted by Crippen LogP contribution is 2.27. The molecular weight excluding hydrogens is 256 g/mol. The quantitative estimate of drug-likeness (QED) is 0.774. The van der Waals surface area contributed by atoms with Crippen molar-refractivity contribution in [1.29, 1.82) is 0 Å². The fourth-order valence-corrected chi connectivity index (χ4v) is 2.71. The van der Waals surface area contributed by atoms with Gasteiger partial charge in [-0.15, -0.1) is 21.5 Å². The number of nitrogens with zero attached hydrogens (tertiary/aromatic N) is 3. The molecule has 2 N–H and O–H groups in total. The van der Waals surface area contributed by atoms with Crippen LogP contribution < -0.4 is 5.73 Å². The highest BCUT2D eigenvalue weighted by molar-refractivity contribution is 7.15. The predicted octanol–water partition coefficient (Wildman–Crippen LogP) is 2.57. The highest BCUT2D eigenvalue weighted by atomic mass is 35.5. The Kier molecular flexibility index (Phi) is 2.58. The van der Waals surface area contributed by atoms with E-state index >= 15 is 0 Å². The molecule has 1 aromatic carbocycles. The maximum Gasteiger partial charge on any atom is 0.216 e. The molecule has 0 aliphatic rings. The van der Waals surface area contributed by atoms with E-state index < -0.39 is 0 Å². The van der Waals surface area contributed by atoms with Crippen molar-refractivity contribution in [2.24, 2.45) is 5.73 Å². The molecule has 3 rings (SSSR count). The number of thiazole rings is 1. The van der Waals surface area contributed by atoms with Gasteiger partial charge in [-0.05, 0) is 17.7 Å². The first-order valence-corrected chi connectivity index (χ1v) is 6.33. The molecule has 0 fully saturated rings. The SMILES string of the molecule is NCc1nnc2scc(-c3ccc(Cl)cc3)n12. The van der Waals surface area contributed by atoms with Crippen molar-refractivity contribution in [3.8, 4) is 11.3 Å². The zero-order chi connectivity index (χ0) is 11.8. The van der Waals surface area contributed by atoms with Crippen molar-refractivity contribution in [3.63, 3.8) is 0 Å². The lowest BCUT2D eigenvalue weighted by Gasteiger charge is -2.01. The molecule has 0 aliphatic carbocycles. The van der Waals surface area contributed by atoms with Gasteiger partial charge in [0.1, 0.15) is 0 Å². The summed E-state index contributed by atoms with van der Waals surface area (Å²) in [5.41, 5.74) is 7.78. The van der Waals surface area contributed by atoms with E-state index in [1.54, 1.807) is 11.3 Å². The fraction of sp³-hybridized carbons (Fsp3) is 0.0909. The van der Waals surface area contributed by atoms with E-state index in [0.29, 0.717) is 6.54 Å². The van der Waals surface area contributed by atoms with Crippen LogP contribution >= 0.6 is 22.9 Å². The Labute approximate surface area is 107 Å². The van der Waals surface area contributed by atoms with Gasteiger partial charge in [0.2, 0.25) is 4.96 Å². The summed E-state index contributed by atoms with van der Waals surface area (Å²) in [4.78, 5) is 0.857. The van der Waals surface area contributed by atoms with Crippen molar-refractivity contribution in [3.05, 3.63) is 40.5 Å². The molecule has 0 aliphatic heterocycles. The normalized spacial score (nSPS) is 11.2. The summed E-state index contributed by atoms with van der Waals surface area (Å²) in [5, 5.41) is 10.9. The van der Waals surface area contributed by atoms with Crippen LogP contribution in [-0.4, -0.2) is 14.6 Å². The van der Waals surface area contributed by atoms with Crippen LogP contribution in [0.25, 0.3) is 16.2 Å². The minimum atomic E-state index is 0.374. The zero-order valence-corrected chi connectivity index (χ0v) is 10.4. The molecule has 0 saturated carbocycles. The molecule has 0 saturated heterocycles. The number of nitrogens with two attached hydrogens (primary N) is 1. The number of hydrogen-bond donors (Lipinski definition) is 1. The fourth-order valence-electron chi connectivity index (χ4n) is 1.73. The zero-order valence-electron chi connectivity index (χ0n) is 8.80. The van der Waals surface area contributed by atoms with Gasteiger partial charge in [-0.3, -0.25) is 4.40 Å². The largest absolute Gasteiger partial charge is 0.324 e. The lowest BCUT2D eigenvalue weighted by molar-refractivity contribution is 0.887. The van der Waals surface area contributed by atoms with Gasteiger partial charge >= 0.3 is 0 Å².